The SMILES string of the molecule is Cc1cnc(NC(=O)N2c3nc(C(=O)O)ccc3N3CC[C@H]2C3)nc1N. The van der Waals surface area contributed by atoms with E-state index in [1.807, 2.05) is 0 Å². The molecule has 2 aliphatic rings. The van der Waals surface area contributed by atoms with Crippen LogP contribution >= 0.6 is 0 Å². The van der Waals surface area contributed by atoms with Gasteiger partial charge in [0.1, 0.15) is 5.82 Å². The largest absolute Gasteiger partial charge is 0.477 e. The van der Waals surface area contributed by atoms with E-state index in [4.69, 9.17) is 5.73 Å². The Kier molecular flexibility index (Phi) is 3.60. The maximum atomic E-state index is 12.9. The number of anilines is 4. The highest BCUT2D eigenvalue weighted by atomic mass is 16.4. The number of urea groups is 1. The molecule has 2 aromatic heterocycles. The molecule has 2 aliphatic heterocycles. The summed E-state index contributed by atoms with van der Waals surface area (Å²) in [5, 5.41) is 11.9. The van der Waals surface area contributed by atoms with Gasteiger partial charge in [-0.1, -0.05) is 0 Å². The van der Waals surface area contributed by atoms with Gasteiger partial charge in [0.2, 0.25) is 5.95 Å². The van der Waals surface area contributed by atoms with Gasteiger partial charge < -0.3 is 15.7 Å². The molecule has 4 rings (SSSR count). The smallest absolute Gasteiger partial charge is 0.354 e. The molecule has 26 heavy (non-hydrogen) atoms. The van der Waals surface area contributed by atoms with E-state index in [-0.39, 0.29) is 23.5 Å². The van der Waals surface area contributed by atoms with Crippen molar-refractivity contribution in [3.8, 4) is 0 Å². The molecule has 0 spiro atoms. The number of carbonyl (C=O) groups is 2. The van der Waals surface area contributed by atoms with Crippen LogP contribution in [0.2, 0.25) is 0 Å². The van der Waals surface area contributed by atoms with Gasteiger partial charge in [0.25, 0.3) is 0 Å². The zero-order valence-electron chi connectivity index (χ0n) is 14.0. The quantitative estimate of drug-likeness (QED) is 0.728. The molecule has 0 aliphatic carbocycles. The maximum absolute atomic E-state index is 12.9. The molecule has 10 heteroatoms. The second-order valence-electron chi connectivity index (χ2n) is 6.29. The number of nitrogens with zero attached hydrogens (tertiary/aromatic N) is 5. The molecule has 0 unspecified atom stereocenters. The Morgan fingerprint density at radius 2 is 2.15 bits per heavy atom. The average Bonchev–Trinajstić information content (AvgIpc) is 3.02. The third-order valence-corrected chi connectivity index (χ3v) is 4.62. The van der Waals surface area contributed by atoms with Crippen LogP contribution in [-0.4, -0.2) is 51.2 Å². The van der Waals surface area contributed by atoms with Crippen LogP contribution in [0.5, 0.6) is 0 Å². The molecule has 1 fully saturated rings. The lowest BCUT2D eigenvalue weighted by Crippen LogP contribution is -2.48. The molecule has 2 amide bonds. The number of pyridine rings is 1. The third-order valence-electron chi connectivity index (χ3n) is 4.62. The van der Waals surface area contributed by atoms with Crippen molar-refractivity contribution in [2.75, 3.05) is 33.9 Å². The van der Waals surface area contributed by atoms with Gasteiger partial charge in [-0.15, -0.1) is 0 Å². The normalized spacial score (nSPS) is 17.8. The first-order valence-corrected chi connectivity index (χ1v) is 8.12. The predicted octanol–water partition coefficient (Wildman–Crippen LogP) is 1.09. The van der Waals surface area contributed by atoms with Gasteiger partial charge in [0, 0.05) is 24.8 Å². The van der Waals surface area contributed by atoms with E-state index in [0.29, 0.717) is 17.9 Å². The molecule has 2 aromatic rings. The fourth-order valence-corrected chi connectivity index (χ4v) is 3.26. The highest BCUT2D eigenvalue weighted by Gasteiger charge is 2.40. The minimum Gasteiger partial charge on any atom is -0.477 e. The van der Waals surface area contributed by atoms with Gasteiger partial charge in [-0.05, 0) is 25.5 Å². The number of amides is 2. The first-order chi connectivity index (χ1) is 12.4. The third kappa shape index (κ3) is 2.55. The number of nitrogens with two attached hydrogens (primary N) is 1. The fourth-order valence-electron chi connectivity index (χ4n) is 3.26. The highest BCUT2D eigenvalue weighted by Crippen LogP contribution is 2.39. The molecule has 1 atom stereocenters. The monoisotopic (exact) mass is 355 g/mol. The summed E-state index contributed by atoms with van der Waals surface area (Å²) in [6.07, 6.45) is 2.29. The number of aromatic carboxylic acids is 1. The summed E-state index contributed by atoms with van der Waals surface area (Å²) in [7, 11) is 0. The molecule has 0 radical (unpaired) electrons. The number of carboxylic acid groups (broad SMARTS) is 1. The van der Waals surface area contributed by atoms with Crippen molar-refractivity contribution in [3.05, 3.63) is 29.6 Å². The summed E-state index contributed by atoms with van der Waals surface area (Å²) < 4.78 is 0. The van der Waals surface area contributed by atoms with Crippen LogP contribution in [0.3, 0.4) is 0 Å². The van der Waals surface area contributed by atoms with Crippen molar-refractivity contribution < 1.29 is 14.7 Å². The van der Waals surface area contributed by atoms with Crippen molar-refractivity contribution in [3.63, 3.8) is 0 Å². The molecule has 4 N–H and O–H groups in total. The van der Waals surface area contributed by atoms with Crippen molar-refractivity contribution in [1.29, 1.82) is 0 Å². The van der Waals surface area contributed by atoms with Crippen LogP contribution in [0.1, 0.15) is 22.5 Å². The first kappa shape index (κ1) is 16.1. The molecule has 2 bridgehead atoms. The molecule has 4 heterocycles. The Balaban J connectivity index is 1.69. The van der Waals surface area contributed by atoms with E-state index in [2.05, 4.69) is 25.2 Å². The van der Waals surface area contributed by atoms with Crippen LogP contribution in [0.4, 0.5) is 28.1 Å². The van der Waals surface area contributed by atoms with Gasteiger partial charge in [-0.3, -0.25) is 10.2 Å². The van der Waals surface area contributed by atoms with Crippen LogP contribution in [-0.2, 0) is 0 Å². The molecule has 1 saturated heterocycles. The second-order valence-corrected chi connectivity index (χ2v) is 6.29. The van der Waals surface area contributed by atoms with Crippen LogP contribution < -0.4 is 20.9 Å². The lowest BCUT2D eigenvalue weighted by Gasteiger charge is -2.35. The predicted molar refractivity (Wildman–Crippen MR) is 94.5 cm³/mol. The topological polar surface area (TPSA) is 138 Å². The van der Waals surface area contributed by atoms with E-state index in [1.165, 1.54) is 17.2 Å². The van der Waals surface area contributed by atoms with Crippen molar-refractivity contribution in [2.45, 2.75) is 19.4 Å². The summed E-state index contributed by atoms with van der Waals surface area (Å²) in [5.41, 5.74) is 7.11. The molecule has 0 aromatic carbocycles. The Hall–Kier alpha value is -3.43. The van der Waals surface area contributed by atoms with E-state index in [1.54, 1.807) is 13.0 Å². The number of nitrogen functional groups attached to an aromatic ring is 1. The standard InChI is InChI=1S/C16H17N7O3/c1-8-6-18-15(20-12(8)17)21-16(26)23-9-4-5-22(7-9)11-3-2-10(14(24)25)19-13(11)23/h2-3,6,9H,4-5,7H2,1H3,(H,24,25)(H3,17,18,20,21,26)/t9-/m0/s1. The van der Waals surface area contributed by atoms with E-state index in [9.17, 15) is 14.7 Å². The Morgan fingerprint density at radius 3 is 2.88 bits per heavy atom. The number of aryl methyl sites for hydroxylation is 1. The van der Waals surface area contributed by atoms with Crippen LogP contribution in [0, 0.1) is 6.92 Å². The zero-order valence-corrected chi connectivity index (χ0v) is 14.0. The van der Waals surface area contributed by atoms with Crippen molar-refractivity contribution in [1.82, 2.24) is 15.0 Å². The molecule has 10 nitrogen and oxygen atoms in total. The fraction of sp³-hybridized carbons (Fsp3) is 0.312. The first-order valence-electron chi connectivity index (χ1n) is 8.12. The van der Waals surface area contributed by atoms with Gasteiger partial charge in [0.15, 0.2) is 11.5 Å². The van der Waals surface area contributed by atoms with Crippen molar-refractivity contribution >= 4 is 35.3 Å². The molecular formula is C16H17N7O3. The number of fused-ring (bicyclic) bond motifs is 4. The summed E-state index contributed by atoms with van der Waals surface area (Å²) in [4.78, 5) is 40.1. The van der Waals surface area contributed by atoms with E-state index >= 15 is 0 Å². The lowest BCUT2D eigenvalue weighted by atomic mass is 10.2. The summed E-state index contributed by atoms with van der Waals surface area (Å²) in [6, 6.07) is 2.58. The van der Waals surface area contributed by atoms with E-state index in [0.717, 1.165) is 18.7 Å². The van der Waals surface area contributed by atoms with Gasteiger partial charge >= 0.3 is 12.0 Å². The van der Waals surface area contributed by atoms with Gasteiger partial charge in [-0.25, -0.2) is 19.6 Å². The minimum absolute atomic E-state index is 0.0921. The number of hydrogen-bond donors (Lipinski definition) is 3. The summed E-state index contributed by atoms with van der Waals surface area (Å²) in [5.74, 6) is -0.436. The second kappa shape index (κ2) is 5.83. The molecule has 134 valence electrons. The number of hydrogen-bond acceptors (Lipinski definition) is 7. The van der Waals surface area contributed by atoms with Crippen LogP contribution in [0.25, 0.3) is 0 Å². The number of aromatic nitrogens is 3. The lowest BCUT2D eigenvalue weighted by molar-refractivity contribution is 0.0690. The van der Waals surface area contributed by atoms with Gasteiger partial charge in [-0.2, -0.15) is 4.98 Å². The Labute approximate surface area is 148 Å². The number of rotatable bonds is 2. The Bertz CT molecular complexity index is 917. The van der Waals surface area contributed by atoms with Crippen LogP contribution in [0.15, 0.2) is 18.3 Å². The number of carbonyl (C=O) groups excluding carboxylic acids is 1. The van der Waals surface area contributed by atoms with Crippen molar-refractivity contribution in [2.24, 2.45) is 0 Å². The zero-order chi connectivity index (χ0) is 18.4. The molecule has 0 saturated carbocycles. The van der Waals surface area contributed by atoms with E-state index < -0.39 is 12.0 Å². The minimum atomic E-state index is -1.14. The molecular weight excluding hydrogens is 338 g/mol. The summed E-state index contributed by atoms with van der Waals surface area (Å²) in [6.45, 7) is 3.22. The summed E-state index contributed by atoms with van der Waals surface area (Å²) >= 11 is 0. The van der Waals surface area contributed by atoms with Gasteiger partial charge in [0.05, 0.1) is 11.7 Å². The maximum Gasteiger partial charge on any atom is 0.354 e. The average molecular weight is 355 g/mol. The Morgan fingerprint density at radius 1 is 1.35 bits per heavy atom. The highest BCUT2D eigenvalue weighted by molar-refractivity contribution is 6.04. The number of carboxylic acids is 1. The number of nitrogens with one attached hydrogen (secondary N) is 1.